The van der Waals surface area contributed by atoms with E-state index >= 15 is 0 Å². The van der Waals surface area contributed by atoms with Gasteiger partial charge < -0.3 is 5.32 Å². The van der Waals surface area contributed by atoms with Gasteiger partial charge in [-0.1, -0.05) is 12.8 Å². The minimum Gasteiger partial charge on any atom is -0.382 e. The maximum absolute atomic E-state index is 12.5. The van der Waals surface area contributed by atoms with Crippen LogP contribution in [0.3, 0.4) is 0 Å². The number of likely N-dealkylation sites (tertiary alicyclic amines) is 1. The monoisotopic (exact) mass is 406 g/mol. The number of hydrogen-bond donors (Lipinski definition) is 1. The first-order chi connectivity index (χ1) is 13.7. The molecular formula is C21H28F2N4S. The van der Waals surface area contributed by atoms with Crippen molar-refractivity contribution >= 4 is 28.4 Å². The normalized spacial score (nSPS) is 19.7. The van der Waals surface area contributed by atoms with Crippen LogP contribution < -0.4 is 5.32 Å². The molecular weight excluding hydrogens is 378 g/mol. The topological polar surface area (TPSA) is 41.1 Å². The highest BCUT2D eigenvalue weighted by Gasteiger charge is 2.22. The number of nitrogens with zero attached hydrogens (tertiary/aromatic N) is 3. The van der Waals surface area contributed by atoms with Gasteiger partial charge >= 0.3 is 0 Å². The summed E-state index contributed by atoms with van der Waals surface area (Å²) in [7, 11) is 0. The number of anilines is 1. The molecule has 0 bridgehead atoms. The number of nitrogens with one attached hydrogen (secondary N) is 1. The minimum atomic E-state index is -2.23. The third-order valence-electron chi connectivity index (χ3n) is 5.74. The predicted octanol–water partition coefficient (Wildman–Crippen LogP) is 4.95. The molecule has 0 atom stereocenters. The van der Waals surface area contributed by atoms with Crippen LogP contribution in [0.1, 0.15) is 44.3 Å². The summed E-state index contributed by atoms with van der Waals surface area (Å²) in [6, 6.07) is 6.92. The lowest BCUT2D eigenvalue weighted by Crippen LogP contribution is -2.37. The molecule has 7 heteroatoms. The molecule has 1 aromatic carbocycles. The quantitative estimate of drug-likeness (QED) is 0.705. The number of hydrogen-bond acceptors (Lipinski definition) is 5. The van der Waals surface area contributed by atoms with Crippen molar-refractivity contribution in [2.75, 3.05) is 25.0 Å². The first-order valence-electron chi connectivity index (χ1n) is 10.3. The van der Waals surface area contributed by atoms with Gasteiger partial charge in [0.25, 0.3) is 6.43 Å². The zero-order valence-corrected chi connectivity index (χ0v) is 16.9. The van der Waals surface area contributed by atoms with Gasteiger partial charge in [0.15, 0.2) is 0 Å². The number of alkyl halides is 2. The fourth-order valence-corrected chi connectivity index (χ4v) is 5.24. The van der Waals surface area contributed by atoms with E-state index in [1.165, 1.54) is 25.7 Å². The van der Waals surface area contributed by atoms with E-state index in [0.29, 0.717) is 11.3 Å². The van der Waals surface area contributed by atoms with Crippen molar-refractivity contribution in [1.82, 2.24) is 14.9 Å². The van der Waals surface area contributed by atoms with Crippen LogP contribution in [0, 0.1) is 0 Å². The zero-order chi connectivity index (χ0) is 19.3. The highest BCUT2D eigenvalue weighted by molar-refractivity contribution is 7.99. The molecule has 0 amide bonds. The van der Waals surface area contributed by atoms with Crippen molar-refractivity contribution in [3.05, 3.63) is 30.2 Å². The Balaban J connectivity index is 1.32. The number of rotatable bonds is 7. The lowest BCUT2D eigenvalue weighted by Gasteiger charge is -2.31. The third kappa shape index (κ3) is 5.32. The number of benzene rings is 1. The SMILES string of the molecule is FC(F)CN1CCC(SCc2ncc3ccc(NC4CCCC4)cc3n2)CC1. The molecule has 1 saturated heterocycles. The number of thioether (sulfide) groups is 1. The summed E-state index contributed by atoms with van der Waals surface area (Å²) < 4.78 is 25.0. The Kier molecular flexibility index (Phi) is 6.62. The molecule has 152 valence electrons. The fraction of sp³-hybridized carbons (Fsp3) is 0.619. The Bertz CT molecular complexity index is 774. The van der Waals surface area contributed by atoms with Gasteiger partial charge in [0.2, 0.25) is 0 Å². The van der Waals surface area contributed by atoms with E-state index < -0.39 is 6.43 Å². The molecule has 2 fully saturated rings. The van der Waals surface area contributed by atoms with Crippen LogP contribution in [-0.2, 0) is 5.75 Å². The number of fused-ring (bicyclic) bond motifs is 1. The van der Waals surface area contributed by atoms with Crippen LogP contribution in [0.4, 0.5) is 14.5 Å². The highest BCUT2D eigenvalue weighted by atomic mass is 32.2. The van der Waals surface area contributed by atoms with Crippen molar-refractivity contribution in [1.29, 1.82) is 0 Å². The molecule has 0 radical (unpaired) electrons. The molecule has 28 heavy (non-hydrogen) atoms. The molecule has 4 rings (SSSR count). The molecule has 0 spiro atoms. The molecule has 1 aliphatic carbocycles. The van der Waals surface area contributed by atoms with E-state index in [4.69, 9.17) is 4.98 Å². The summed E-state index contributed by atoms with van der Waals surface area (Å²) in [5.74, 6) is 1.63. The third-order valence-corrected chi connectivity index (χ3v) is 7.11. The van der Waals surface area contributed by atoms with Crippen LogP contribution >= 0.6 is 11.8 Å². The highest BCUT2D eigenvalue weighted by Crippen LogP contribution is 2.27. The molecule has 2 aliphatic rings. The van der Waals surface area contributed by atoms with Gasteiger partial charge in [-0.25, -0.2) is 18.7 Å². The summed E-state index contributed by atoms with van der Waals surface area (Å²) in [6.45, 7) is 1.43. The first kappa shape index (κ1) is 19.8. The molecule has 2 heterocycles. The van der Waals surface area contributed by atoms with Crippen LogP contribution in [0.5, 0.6) is 0 Å². The summed E-state index contributed by atoms with van der Waals surface area (Å²) in [5.41, 5.74) is 2.13. The molecule has 2 aromatic rings. The lowest BCUT2D eigenvalue weighted by atomic mass is 10.1. The van der Waals surface area contributed by atoms with Crippen molar-refractivity contribution in [2.45, 2.75) is 62.0 Å². The summed E-state index contributed by atoms with van der Waals surface area (Å²) in [4.78, 5) is 11.2. The maximum atomic E-state index is 12.5. The molecule has 1 aliphatic heterocycles. The molecule has 0 unspecified atom stereocenters. The van der Waals surface area contributed by atoms with E-state index in [-0.39, 0.29) is 6.54 Å². The van der Waals surface area contributed by atoms with Crippen LogP contribution in [0.25, 0.3) is 10.9 Å². The van der Waals surface area contributed by atoms with Crippen molar-refractivity contribution in [3.8, 4) is 0 Å². The van der Waals surface area contributed by atoms with Gasteiger partial charge in [-0.2, -0.15) is 11.8 Å². The van der Waals surface area contributed by atoms with E-state index in [9.17, 15) is 8.78 Å². The van der Waals surface area contributed by atoms with Crippen molar-refractivity contribution in [2.24, 2.45) is 0 Å². The Morgan fingerprint density at radius 2 is 1.93 bits per heavy atom. The smallest absolute Gasteiger partial charge is 0.251 e. The molecule has 1 saturated carbocycles. The standard InChI is InChI=1S/C21H28F2N4S/c22-20(23)13-27-9-7-18(8-10-27)28-14-21-24-12-15-5-6-17(11-19(15)26-21)25-16-3-1-2-4-16/h5-6,11-12,16,18,20,25H,1-4,7-10,13-14H2. The second-order valence-corrected chi connectivity index (χ2v) is 9.18. The van der Waals surface area contributed by atoms with Gasteiger partial charge in [-0.3, -0.25) is 4.90 Å². The van der Waals surface area contributed by atoms with E-state index in [1.54, 1.807) is 0 Å². The number of aromatic nitrogens is 2. The fourth-order valence-electron chi connectivity index (χ4n) is 4.17. The average Bonchev–Trinajstić information content (AvgIpc) is 3.20. The Morgan fingerprint density at radius 3 is 2.68 bits per heavy atom. The maximum Gasteiger partial charge on any atom is 0.251 e. The van der Waals surface area contributed by atoms with Crippen molar-refractivity contribution in [3.63, 3.8) is 0 Å². The zero-order valence-electron chi connectivity index (χ0n) is 16.1. The van der Waals surface area contributed by atoms with Gasteiger partial charge in [-0.05, 0) is 57.0 Å². The Labute approximate surface area is 169 Å². The Morgan fingerprint density at radius 1 is 1.14 bits per heavy atom. The molecule has 4 nitrogen and oxygen atoms in total. The Hall–Kier alpha value is -1.47. The number of piperidine rings is 1. The van der Waals surface area contributed by atoms with E-state index in [0.717, 1.165) is 54.1 Å². The second-order valence-electron chi connectivity index (χ2n) is 7.89. The van der Waals surface area contributed by atoms with E-state index in [1.807, 2.05) is 22.9 Å². The van der Waals surface area contributed by atoms with Crippen LogP contribution in [0.2, 0.25) is 0 Å². The van der Waals surface area contributed by atoms with Gasteiger partial charge in [0.1, 0.15) is 5.82 Å². The molecule has 1 N–H and O–H groups in total. The first-order valence-corrected chi connectivity index (χ1v) is 11.3. The minimum absolute atomic E-state index is 0.0948. The summed E-state index contributed by atoms with van der Waals surface area (Å²) >= 11 is 1.86. The van der Waals surface area contributed by atoms with E-state index in [2.05, 4.69) is 28.5 Å². The van der Waals surface area contributed by atoms with Crippen molar-refractivity contribution < 1.29 is 8.78 Å². The summed E-state index contributed by atoms with van der Waals surface area (Å²) in [5, 5.41) is 5.19. The van der Waals surface area contributed by atoms with Gasteiger partial charge in [0, 0.05) is 28.6 Å². The second kappa shape index (κ2) is 9.35. The largest absolute Gasteiger partial charge is 0.382 e. The van der Waals surface area contributed by atoms with Gasteiger partial charge in [-0.15, -0.1) is 0 Å². The predicted molar refractivity (Wildman–Crippen MR) is 112 cm³/mol. The molecule has 1 aromatic heterocycles. The van der Waals surface area contributed by atoms with Crippen LogP contribution in [-0.4, -0.2) is 52.2 Å². The summed E-state index contributed by atoms with van der Waals surface area (Å²) in [6.07, 6.45) is 6.72. The van der Waals surface area contributed by atoms with Gasteiger partial charge in [0.05, 0.1) is 17.8 Å². The van der Waals surface area contributed by atoms with Crippen LogP contribution in [0.15, 0.2) is 24.4 Å². The lowest BCUT2D eigenvalue weighted by molar-refractivity contribution is 0.0796. The average molecular weight is 407 g/mol. The number of halogens is 2.